The van der Waals surface area contributed by atoms with E-state index in [9.17, 15) is 5.11 Å². The van der Waals surface area contributed by atoms with E-state index in [0.717, 1.165) is 18.4 Å². The minimum Gasteiger partial charge on any atom is -0.508 e. The predicted octanol–water partition coefficient (Wildman–Crippen LogP) is 3.49. The maximum atomic E-state index is 9.49. The molecule has 0 aliphatic rings. The van der Waals surface area contributed by atoms with Crippen molar-refractivity contribution in [1.82, 2.24) is 0 Å². The average Bonchev–Trinajstić information content (AvgIpc) is 2.27. The molecule has 0 saturated carbocycles. The van der Waals surface area contributed by atoms with Gasteiger partial charge in [-0.1, -0.05) is 36.4 Å². The Hall–Kier alpha value is -1.76. The molecule has 82 valence electrons. The lowest BCUT2D eigenvalue weighted by Gasteiger charge is -2.04. The molecule has 0 spiro atoms. The minimum absolute atomic E-state index is 0.364. The number of aromatic hydroxyl groups is 1. The summed E-state index contributed by atoms with van der Waals surface area (Å²) in [4.78, 5) is 0. The van der Waals surface area contributed by atoms with Crippen LogP contribution in [0.1, 0.15) is 16.7 Å². The number of benzene rings is 2. The zero-order valence-electron chi connectivity index (χ0n) is 9.48. The molecule has 1 nitrogen and oxygen atoms in total. The van der Waals surface area contributed by atoms with Gasteiger partial charge in [-0.15, -0.1) is 0 Å². The fraction of sp³-hybridized carbons (Fsp3) is 0.200. The van der Waals surface area contributed by atoms with Gasteiger partial charge in [-0.05, 0) is 48.6 Å². The number of hydrogen-bond acceptors (Lipinski definition) is 1. The number of phenols is 1. The van der Waals surface area contributed by atoms with Gasteiger partial charge in [-0.2, -0.15) is 0 Å². The fourth-order valence-electron chi connectivity index (χ4n) is 1.92. The summed E-state index contributed by atoms with van der Waals surface area (Å²) in [5.74, 6) is 0.364. The van der Waals surface area contributed by atoms with Gasteiger partial charge in [0.1, 0.15) is 5.75 Å². The Morgan fingerprint density at radius 2 is 1.56 bits per heavy atom. The van der Waals surface area contributed by atoms with Gasteiger partial charge in [0.2, 0.25) is 0 Å². The number of phenolic OH excluding ortho intramolecular Hbond substituents is 1. The molecule has 0 aromatic heterocycles. The molecule has 0 aliphatic carbocycles. The van der Waals surface area contributed by atoms with Crippen LogP contribution in [-0.4, -0.2) is 5.11 Å². The van der Waals surface area contributed by atoms with Crippen LogP contribution in [0.5, 0.6) is 5.75 Å². The largest absolute Gasteiger partial charge is 0.508 e. The normalized spacial score (nSPS) is 10.3. The van der Waals surface area contributed by atoms with Crippen LogP contribution in [0.15, 0.2) is 48.5 Å². The highest BCUT2D eigenvalue weighted by Gasteiger charge is 1.98. The molecule has 2 aromatic rings. The van der Waals surface area contributed by atoms with Crippen molar-refractivity contribution in [3.63, 3.8) is 0 Å². The van der Waals surface area contributed by atoms with E-state index in [2.05, 4.69) is 30.3 Å². The Balaban J connectivity index is 2.05. The Morgan fingerprint density at radius 3 is 2.25 bits per heavy atom. The van der Waals surface area contributed by atoms with E-state index in [1.165, 1.54) is 11.1 Å². The van der Waals surface area contributed by atoms with Crippen LogP contribution in [-0.2, 0) is 12.8 Å². The molecule has 0 atom stereocenters. The second-order valence-corrected chi connectivity index (χ2v) is 4.16. The third kappa shape index (κ3) is 2.86. The van der Waals surface area contributed by atoms with Crippen molar-refractivity contribution in [2.24, 2.45) is 0 Å². The first-order chi connectivity index (χ1) is 7.74. The summed E-state index contributed by atoms with van der Waals surface area (Å²) in [6.45, 7) is 2.01. The van der Waals surface area contributed by atoms with E-state index in [4.69, 9.17) is 0 Å². The molecule has 0 aliphatic heterocycles. The van der Waals surface area contributed by atoms with E-state index in [1.807, 2.05) is 19.1 Å². The third-order valence-corrected chi connectivity index (χ3v) is 2.67. The van der Waals surface area contributed by atoms with Crippen LogP contribution < -0.4 is 0 Å². The molecule has 0 bridgehead atoms. The van der Waals surface area contributed by atoms with E-state index < -0.39 is 0 Å². The van der Waals surface area contributed by atoms with Crippen molar-refractivity contribution in [1.29, 1.82) is 0 Å². The first kappa shape index (κ1) is 10.7. The summed E-state index contributed by atoms with van der Waals surface area (Å²) in [6, 6.07) is 16.2. The molecule has 2 aromatic carbocycles. The van der Waals surface area contributed by atoms with Crippen LogP contribution in [0.4, 0.5) is 0 Å². The molecule has 1 heteroatoms. The predicted molar refractivity (Wildman–Crippen MR) is 66.7 cm³/mol. The van der Waals surface area contributed by atoms with Gasteiger partial charge in [0.25, 0.3) is 0 Å². The highest BCUT2D eigenvalue weighted by atomic mass is 16.3. The summed E-state index contributed by atoms with van der Waals surface area (Å²) < 4.78 is 0. The quantitative estimate of drug-likeness (QED) is 0.825. The van der Waals surface area contributed by atoms with Gasteiger partial charge < -0.3 is 5.11 Å². The highest BCUT2D eigenvalue weighted by molar-refractivity contribution is 5.33. The lowest BCUT2D eigenvalue weighted by molar-refractivity contribution is 0.474. The van der Waals surface area contributed by atoms with E-state index >= 15 is 0 Å². The summed E-state index contributed by atoms with van der Waals surface area (Å²) >= 11 is 0. The second kappa shape index (κ2) is 4.84. The van der Waals surface area contributed by atoms with Crippen LogP contribution in [0.25, 0.3) is 0 Å². The van der Waals surface area contributed by atoms with Crippen LogP contribution in [0, 0.1) is 6.92 Å². The van der Waals surface area contributed by atoms with Crippen molar-refractivity contribution in [3.8, 4) is 5.75 Å². The van der Waals surface area contributed by atoms with Crippen molar-refractivity contribution in [2.75, 3.05) is 0 Å². The zero-order valence-corrected chi connectivity index (χ0v) is 9.48. The van der Waals surface area contributed by atoms with Crippen molar-refractivity contribution < 1.29 is 5.11 Å². The molecular formula is C15H16O. The SMILES string of the molecule is Cc1cc(O)cc(CCc2ccccc2)c1. The Bertz CT molecular complexity index is 440. The first-order valence-corrected chi connectivity index (χ1v) is 5.57. The fourth-order valence-corrected chi connectivity index (χ4v) is 1.92. The number of hydrogen-bond donors (Lipinski definition) is 1. The minimum atomic E-state index is 0.364. The standard InChI is InChI=1S/C15H16O/c1-12-9-14(11-15(16)10-12)8-7-13-5-3-2-4-6-13/h2-6,9-11,16H,7-8H2,1H3. The zero-order chi connectivity index (χ0) is 11.4. The van der Waals surface area contributed by atoms with E-state index in [-0.39, 0.29) is 0 Å². The summed E-state index contributed by atoms with van der Waals surface area (Å²) in [6.07, 6.45) is 1.99. The van der Waals surface area contributed by atoms with Gasteiger partial charge in [-0.3, -0.25) is 0 Å². The molecular weight excluding hydrogens is 196 g/mol. The number of aryl methyl sites for hydroxylation is 3. The van der Waals surface area contributed by atoms with Crippen LogP contribution >= 0.6 is 0 Å². The lowest BCUT2D eigenvalue weighted by Crippen LogP contribution is -1.91. The average molecular weight is 212 g/mol. The smallest absolute Gasteiger partial charge is 0.116 e. The maximum absolute atomic E-state index is 9.49. The van der Waals surface area contributed by atoms with Gasteiger partial charge in [0, 0.05) is 0 Å². The maximum Gasteiger partial charge on any atom is 0.116 e. The molecule has 0 unspecified atom stereocenters. The van der Waals surface area contributed by atoms with Crippen LogP contribution in [0.3, 0.4) is 0 Å². The van der Waals surface area contributed by atoms with Crippen molar-refractivity contribution in [3.05, 3.63) is 65.2 Å². The van der Waals surface area contributed by atoms with Gasteiger partial charge in [0.15, 0.2) is 0 Å². The molecule has 1 N–H and O–H groups in total. The first-order valence-electron chi connectivity index (χ1n) is 5.57. The van der Waals surface area contributed by atoms with Gasteiger partial charge in [0.05, 0.1) is 0 Å². The van der Waals surface area contributed by atoms with Crippen LogP contribution in [0.2, 0.25) is 0 Å². The monoisotopic (exact) mass is 212 g/mol. The van der Waals surface area contributed by atoms with Crippen molar-refractivity contribution >= 4 is 0 Å². The lowest BCUT2D eigenvalue weighted by atomic mass is 10.0. The highest BCUT2D eigenvalue weighted by Crippen LogP contribution is 2.16. The van der Waals surface area contributed by atoms with E-state index in [1.54, 1.807) is 6.07 Å². The molecule has 0 fully saturated rings. The Morgan fingerprint density at radius 1 is 0.875 bits per heavy atom. The molecule has 2 rings (SSSR count). The molecule has 16 heavy (non-hydrogen) atoms. The Kier molecular flexibility index (Phi) is 3.25. The Labute approximate surface area is 96.4 Å². The topological polar surface area (TPSA) is 20.2 Å². The van der Waals surface area contributed by atoms with Gasteiger partial charge in [-0.25, -0.2) is 0 Å². The molecule has 0 heterocycles. The van der Waals surface area contributed by atoms with Gasteiger partial charge >= 0.3 is 0 Å². The molecule has 0 saturated heterocycles. The molecule has 0 radical (unpaired) electrons. The molecule has 0 amide bonds. The summed E-state index contributed by atoms with van der Waals surface area (Å²) in [7, 11) is 0. The summed E-state index contributed by atoms with van der Waals surface area (Å²) in [5, 5.41) is 9.49. The third-order valence-electron chi connectivity index (χ3n) is 2.67. The van der Waals surface area contributed by atoms with Crippen molar-refractivity contribution in [2.45, 2.75) is 19.8 Å². The van der Waals surface area contributed by atoms with E-state index in [0.29, 0.717) is 5.75 Å². The second-order valence-electron chi connectivity index (χ2n) is 4.16. The summed E-state index contributed by atoms with van der Waals surface area (Å²) in [5.41, 5.74) is 3.65. The number of rotatable bonds is 3.